The van der Waals surface area contributed by atoms with Gasteiger partial charge in [0, 0.05) is 28.4 Å². The molecule has 0 bridgehead atoms. The Balaban J connectivity index is 2.09. The smallest absolute Gasteiger partial charge is 0.239 e. The molecule has 0 radical (unpaired) electrons. The molecule has 100 valence electrons. The van der Waals surface area contributed by atoms with Crippen LogP contribution in [-0.4, -0.2) is 26.8 Å². The summed E-state index contributed by atoms with van der Waals surface area (Å²) in [5.74, 6) is -0.588. The van der Waals surface area contributed by atoms with Crippen LogP contribution in [0.5, 0.6) is 5.75 Å². The fourth-order valence-corrected chi connectivity index (χ4v) is 3.18. The van der Waals surface area contributed by atoms with E-state index in [1.54, 1.807) is 24.3 Å². The van der Waals surface area contributed by atoms with Crippen molar-refractivity contribution in [2.45, 2.75) is 11.3 Å². The highest BCUT2D eigenvalue weighted by Crippen LogP contribution is 2.55. The third kappa shape index (κ3) is 1.01. The van der Waals surface area contributed by atoms with Gasteiger partial charge in [0.05, 0.1) is 0 Å². The van der Waals surface area contributed by atoms with E-state index < -0.39 is 17.1 Å². The number of phenolic OH excluding ortho intramolecular Hbond substituents is 1. The molecule has 0 amide bonds. The van der Waals surface area contributed by atoms with Gasteiger partial charge in [0.15, 0.2) is 5.60 Å². The van der Waals surface area contributed by atoms with Crippen LogP contribution >= 0.6 is 0 Å². The number of carbonyl (C=O) groups is 1. The number of anilines is 1. The van der Waals surface area contributed by atoms with Gasteiger partial charge in [-0.2, -0.15) is 0 Å². The number of hydrogen-bond acceptors (Lipinski definition) is 5. The Morgan fingerprint density at radius 1 is 1.00 bits per heavy atom. The number of aromatic hydroxyl groups is 1. The van der Waals surface area contributed by atoms with Crippen molar-refractivity contribution >= 4 is 11.5 Å². The summed E-state index contributed by atoms with van der Waals surface area (Å²) in [5, 5.41) is 33.9. The van der Waals surface area contributed by atoms with E-state index >= 15 is 0 Å². The largest absolute Gasteiger partial charge is 0.508 e. The lowest BCUT2D eigenvalue weighted by Gasteiger charge is -2.30. The van der Waals surface area contributed by atoms with Gasteiger partial charge in [-0.05, 0) is 12.1 Å². The number of hydrogen-bond donors (Lipinski definition) is 4. The molecule has 1 heterocycles. The minimum Gasteiger partial charge on any atom is -0.508 e. The molecule has 5 nitrogen and oxygen atoms in total. The van der Waals surface area contributed by atoms with E-state index in [1.165, 1.54) is 18.2 Å². The molecule has 0 saturated carbocycles. The van der Waals surface area contributed by atoms with Gasteiger partial charge in [0.1, 0.15) is 5.75 Å². The lowest BCUT2D eigenvalue weighted by molar-refractivity contribution is -0.0716. The first-order valence-corrected chi connectivity index (χ1v) is 6.19. The van der Waals surface area contributed by atoms with Crippen LogP contribution in [0, 0.1) is 0 Å². The van der Waals surface area contributed by atoms with Crippen LogP contribution in [0.3, 0.4) is 0 Å². The maximum absolute atomic E-state index is 12.4. The fourth-order valence-electron chi connectivity index (χ4n) is 3.18. The quantitative estimate of drug-likeness (QED) is 0.571. The van der Waals surface area contributed by atoms with E-state index in [1.807, 2.05) is 0 Å². The molecule has 4 rings (SSSR count). The predicted octanol–water partition coefficient (Wildman–Crippen LogP) is 0.938. The molecule has 0 spiro atoms. The second kappa shape index (κ2) is 3.20. The molecule has 0 unspecified atom stereocenters. The van der Waals surface area contributed by atoms with Crippen LogP contribution in [0.4, 0.5) is 5.69 Å². The summed E-state index contributed by atoms with van der Waals surface area (Å²) in [6.45, 7) is 0. The molecule has 20 heavy (non-hydrogen) atoms. The third-order valence-electron chi connectivity index (χ3n) is 4.12. The highest BCUT2D eigenvalue weighted by Gasteiger charge is 2.67. The molecular weight excluding hydrogens is 258 g/mol. The van der Waals surface area contributed by atoms with Gasteiger partial charge in [-0.1, -0.05) is 24.3 Å². The number of benzene rings is 2. The molecule has 2 aliphatic rings. The number of nitrogens with one attached hydrogen (secondary N) is 1. The summed E-state index contributed by atoms with van der Waals surface area (Å²) in [5.41, 5.74) is -2.60. The Labute approximate surface area is 114 Å². The van der Waals surface area contributed by atoms with Gasteiger partial charge in [0.2, 0.25) is 11.5 Å². The van der Waals surface area contributed by atoms with Crippen molar-refractivity contribution in [2.75, 3.05) is 5.32 Å². The summed E-state index contributed by atoms with van der Waals surface area (Å²) in [6.07, 6.45) is 0. The Morgan fingerprint density at radius 3 is 2.55 bits per heavy atom. The summed E-state index contributed by atoms with van der Waals surface area (Å²) in [4.78, 5) is 12.4. The van der Waals surface area contributed by atoms with Crippen molar-refractivity contribution in [3.63, 3.8) is 0 Å². The van der Waals surface area contributed by atoms with Gasteiger partial charge in [0.25, 0.3) is 0 Å². The van der Waals surface area contributed by atoms with Crippen LogP contribution in [-0.2, 0) is 5.60 Å². The summed E-state index contributed by atoms with van der Waals surface area (Å²) in [6, 6.07) is 10.9. The van der Waals surface area contributed by atoms with E-state index in [9.17, 15) is 20.1 Å². The molecular formula is C15H11NO4. The SMILES string of the molecule is O=C1c2ccccc2[C@]2(O)c3ccc(O)cc3N[C@@]12O. The predicted molar refractivity (Wildman–Crippen MR) is 70.5 cm³/mol. The second-order valence-corrected chi connectivity index (χ2v) is 5.15. The zero-order valence-electron chi connectivity index (χ0n) is 10.3. The van der Waals surface area contributed by atoms with Crippen LogP contribution < -0.4 is 5.32 Å². The van der Waals surface area contributed by atoms with Crippen molar-refractivity contribution in [3.05, 3.63) is 59.2 Å². The Bertz CT molecular complexity index is 772. The summed E-state index contributed by atoms with van der Waals surface area (Å²) < 4.78 is 0. The molecule has 2 aromatic carbocycles. The number of aliphatic hydroxyl groups is 2. The maximum Gasteiger partial charge on any atom is 0.239 e. The lowest BCUT2D eigenvalue weighted by Crippen LogP contribution is -2.54. The Kier molecular flexibility index (Phi) is 1.83. The van der Waals surface area contributed by atoms with Crippen molar-refractivity contribution < 1.29 is 20.1 Å². The number of ketones is 1. The van der Waals surface area contributed by atoms with E-state index in [2.05, 4.69) is 5.32 Å². The zero-order valence-corrected chi connectivity index (χ0v) is 10.3. The minimum absolute atomic E-state index is 0.0100. The monoisotopic (exact) mass is 269 g/mol. The molecule has 0 fully saturated rings. The fraction of sp³-hybridized carbons (Fsp3) is 0.133. The maximum atomic E-state index is 12.4. The lowest BCUT2D eigenvalue weighted by atomic mass is 9.85. The van der Waals surface area contributed by atoms with Gasteiger partial charge >= 0.3 is 0 Å². The average Bonchev–Trinajstić information content (AvgIpc) is 2.76. The molecule has 1 aliphatic carbocycles. The third-order valence-corrected chi connectivity index (χ3v) is 4.12. The van der Waals surface area contributed by atoms with Gasteiger partial charge in [-0.25, -0.2) is 0 Å². The Morgan fingerprint density at radius 2 is 1.75 bits per heavy atom. The average molecular weight is 269 g/mol. The molecule has 5 heteroatoms. The van der Waals surface area contributed by atoms with E-state index in [-0.39, 0.29) is 5.75 Å². The molecule has 2 aromatic rings. The van der Waals surface area contributed by atoms with Crippen LogP contribution in [0.25, 0.3) is 0 Å². The first-order chi connectivity index (χ1) is 9.48. The Hall–Kier alpha value is -2.37. The molecule has 0 saturated heterocycles. The number of rotatable bonds is 0. The van der Waals surface area contributed by atoms with Crippen molar-refractivity contribution in [2.24, 2.45) is 0 Å². The van der Waals surface area contributed by atoms with Gasteiger partial charge < -0.3 is 20.6 Å². The first-order valence-electron chi connectivity index (χ1n) is 6.19. The molecule has 1 aliphatic heterocycles. The minimum atomic E-state index is -2.13. The van der Waals surface area contributed by atoms with Crippen LogP contribution in [0.15, 0.2) is 42.5 Å². The summed E-state index contributed by atoms with van der Waals surface area (Å²) >= 11 is 0. The number of fused-ring (bicyclic) bond motifs is 5. The van der Waals surface area contributed by atoms with E-state index in [0.717, 1.165) is 0 Å². The zero-order chi connectivity index (χ0) is 14.1. The standard InChI is InChI=1S/C15H11NO4/c17-8-5-6-11-12(7-8)16-15(20)13(18)9-3-1-2-4-10(9)14(11,15)19/h1-7,16-17,19-20H/t14-,15+/m0/s1. The van der Waals surface area contributed by atoms with E-state index in [0.29, 0.717) is 22.4 Å². The molecule has 0 aromatic heterocycles. The van der Waals surface area contributed by atoms with Gasteiger partial charge in [-0.15, -0.1) is 0 Å². The van der Waals surface area contributed by atoms with Crippen molar-refractivity contribution in [1.82, 2.24) is 0 Å². The number of carbonyl (C=O) groups excluding carboxylic acids is 1. The normalized spacial score (nSPS) is 29.6. The van der Waals surface area contributed by atoms with Crippen molar-refractivity contribution in [1.29, 1.82) is 0 Å². The van der Waals surface area contributed by atoms with Gasteiger partial charge in [-0.3, -0.25) is 4.79 Å². The van der Waals surface area contributed by atoms with Crippen LogP contribution in [0.2, 0.25) is 0 Å². The molecule has 2 atom stereocenters. The number of Topliss-reactive ketones (excluding diaryl/α,β-unsaturated/α-hetero) is 1. The summed E-state index contributed by atoms with van der Waals surface area (Å²) in [7, 11) is 0. The molecule has 4 N–H and O–H groups in total. The van der Waals surface area contributed by atoms with Crippen molar-refractivity contribution in [3.8, 4) is 5.75 Å². The number of phenols is 1. The topological polar surface area (TPSA) is 89.8 Å². The van der Waals surface area contributed by atoms with E-state index in [4.69, 9.17) is 0 Å². The van der Waals surface area contributed by atoms with Crippen LogP contribution in [0.1, 0.15) is 21.5 Å². The highest BCUT2D eigenvalue weighted by molar-refractivity contribution is 6.12. The second-order valence-electron chi connectivity index (χ2n) is 5.15. The first kappa shape index (κ1) is 11.5. The highest BCUT2D eigenvalue weighted by atomic mass is 16.4.